The maximum Gasteiger partial charge on any atom is 0.360 e. The van der Waals surface area contributed by atoms with Crippen LogP contribution < -0.4 is 4.74 Å². The van der Waals surface area contributed by atoms with Gasteiger partial charge in [-0.2, -0.15) is 14.6 Å². The second kappa shape index (κ2) is 7.70. The molecule has 1 aromatic heterocycles. The molecule has 0 saturated heterocycles. The number of rotatable bonds is 6. The van der Waals surface area contributed by atoms with E-state index < -0.39 is 5.97 Å². The van der Waals surface area contributed by atoms with E-state index in [0.717, 1.165) is 11.5 Å². The number of methoxy groups -OCH3 is 1. The van der Waals surface area contributed by atoms with Gasteiger partial charge in [0.1, 0.15) is 18.1 Å². The van der Waals surface area contributed by atoms with Crippen molar-refractivity contribution >= 4 is 23.2 Å². The fraction of sp³-hybridized carbons (Fsp3) is 0.154. The van der Waals surface area contributed by atoms with Crippen molar-refractivity contribution in [2.24, 2.45) is 5.16 Å². The van der Waals surface area contributed by atoms with Gasteiger partial charge in [0.15, 0.2) is 5.71 Å². The molecule has 0 N–H and O–H groups in total. The normalized spacial score (nSPS) is 10.6. The van der Waals surface area contributed by atoms with E-state index in [4.69, 9.17) is 14.8 Å². The molecular formula is C13H10N4O4S. The third kappa shape index (κ3) is 3.77. The summed E-state index contributed by atoms with van der Waals surface area (Å²) >= 11 is 1.06. The first-order chi connectivity index (χ1) is 10.8. The minimum Gasteiger partial charge on any atom is -0.464 e. The number of para-hydroxylation sites is 1. The van der Waals surface area contributed by atoms with Crippen LogP contribution in [0.1, 0.15) is 5.56 Å². The summed E-state index contributed by atoms with van der Waals surface area (Å²) in [6, 6.07) is 8.43. The van der Waals surface area contributed by atoms with Gasteiger partial charge in [0.05, 0.1) is 12.7 Å². The Morgan fingerprint density at radius 2 is 2.27 bits per heavy atom. The maximum absolute atomic E-state index is 11.9. The molecule has 0 spiro atoms. The van der Waals surface area contributed by atoms with Crippen LogP contribution in [0.2, 0.25) is 0 Å². The van der Waals surface area contributed by atoms with Gasteiger partial charge in [0.2, 0.25) is 6.61 Å². The summed E-state index contributed by atoms with van der Waals surface area (Å²) in [7, 11) is 1.22. The predicted molar refractivity (Wildman–Crippen MR) is 76.5 cm³/mol. The van der Waals surface area contributed by atoms with Crippen LogP contribution in [0.5, 0.6) is 10.9 Å². The molecule has 22 heavy (non-hydrogen) atoms. The van der Waals surface area contributed by atoms with Gasteiger partial charge in [-0.25, -0.2) is 4.79 Å². The standard InChI is InChI=1S/C13H10N4O4S/c1-19-12(18)11(17-20-7-6-14)9-4-2-3-5-10(9)21-13-15-8-16-22-13/h2-5,8H,7H2,1H3/b17-11+. The van der Waals surface area contributed by atoms with Gasteiger partial charge in [0.25, 0.3) is 5.19 Å². The number of carbonyl (C=O) groups is 1. The van der Waals surface area contributed by atoms with E-state index in [1.165, 1.54) is 13.4 Å². The molecule has 112 valence electrons. The lowest BCUT2D eigenvalue weighted by molar-refractivity contribution is -0.132. The van der Waals surface area contributed by atoms with Gasteiger partial charge in [0, 0.05) is 11.5 Å². The van der Waals surface area contributed by atoms with Crippen LogP contribution in [0.4, 0.5) is 0 Å². The Kier molecular flexibility index (Phi) is 5.39. The summed E-state index contributed by atoms with van der Waals surface area (Å²) in [6.07, 6.45) is 1.36. The van der Waals surface area contributed by atoms with Crippen molar-refractivity contribution < 1.29 is 19.1 Å². The summed E-state index contributed by atoms with van der Waals surface area (Å²) in [4.78, 5) is 20.5. The predicted octanol–water partition coefficient (Wildman–Crippen LogP) is 1.75. The molecule has 0 bridgehead atoms. The number of nitrogens with zero attached hydrogens (tertiary/aromatic N) is 4. The zero-order valence-electron chi connectivity index (χ0n) is 11.4. The molecule has 2 rings (SSSR count). The smallest absolute Gasteiger partial charge is 0.360 e. The highest BCUT2D eigenvalue weighted by atomic mass is 32.1. The van der Waals surface area contributed by atoms with Gasteiger partial charge in [-0.15, -0.1) is 0 Å². The number of hydrogen-bond donors (Lipinski definition) is 0. The third-order valence-electron chi connectivity index (χ3n) is 2.34. The van der Waals surface area contributed by atoms with Crippen molar-refractivity contribution in [1.29, 1.82) is 5.26 Å². The number of benzene rings is 1. The molecule has 0 saturated carbocycles. The zero-order chi connectivity index (χ0) is 15.8. The molecule has 1 aromatic carbocycles. The lowest BCUT2D eigenvalue weighted by Gasteiger charge is -2.09. The third-order valence-corrected chi connectivity index (χ3v) is 2.89. The first-order valence-electron chi connectivity index (χ1n) is 5.95. The van der Waals surface area contributed by atoms with Crippen molar-refractivity contribution in [3.05, 3.63) is 36.2 Å². The lowest BCUT2D eigenvalue weighted by atomic mass is 10.1. The second-order valence-corrected chi connectivity index (χ2v) is 4.41. The molecule has 8 nitrogen and oxygen atoms in total. The summed E-state index contributed by atoms with van der Waals surface area (Å²) < 4.78 is 14.1. The van der Waals surface area contributed by atoms with E-state index in [0.29, 0.717) is 16.5 Å². The fourth-order valence-electron chi connectivity index (χ4n) is 1.47. The van der Waals surface area contributed by atoms with E-state index in [1.54, 1.807) is 30.3 Å². The number of hydrogen-bond acceptors (Lipinski definition) is 9. The lowest BCUT2D eigenvalue weighted by Crippen LogP contribution is -2.18. The molecule has 0 radical (unpaired) electrons. The van der Waals surface area contributed by atoms with Gasteiger partial charge >= 0.3 is 5.97 Å². The monoisotopic (exact) mass is 318 g/mol. The molecule has 0 amide bonds. The molecule has 0 unspecified atom stereocenters. The molecule has 0 aliphatic heterocycles. The Labute approximate surface area is 129 Å². The van der Waals surface area contributed by atoms with Crippen LogP contribution in [0.25, 0.3) is 0 Å². The number of carbonyl (C=O) groups excluding carboxylic acids is 1. The topological polar surface area (TPSA) is 107 Å². The van der Waals surface area contributed by atoms with Crippen LogP contribution in [-0.4, -0.2) is 34.8 Å². The molecule has 0 atom stereocenters. The Morgan fingerprint density at radius 3 is 2.95 bits per heavy atom. The molecule has 2 aromatic rings. The number of esters is 1. The Balaban J connectivity index is 2.36. The molecule has 0 aliphatic rings. The van der Waals surface area contributed by atoms with E-state index in [-0.39, 0.29) is 12.3 Å². The second-order valence-electron chi connectivity index (χ2n) is 3.67. The highest BCUT2D eigenvalue weighted by Crippen LogP contribution is 2.26. The zero-order valence-corrected chi connectivity index (χ0v) is 12.2. The number of ether oxygens (including phenoxy) is 2. The summed E-state index contributed by atoms with van der Waals surface area (Å²) in [5.41, 5.74) is 0.236. The first-order valence-corrected chi connectivity index (χ1v) is 6.72. The summed E-state index contributed by atoms with van der Waals surface area (Å²) in [5, 5.41) is 12.4. The number of aromatic nitrogens is 2. The van der Waals surface area contributed by atoms with Crippen LogP contribution in [-0.2, 0) is 14.4 Å². The molecular weight excluding hydrogens is 308 g/mol. The minimum absolute atomic E-state index is 0.113. The summed E-state index contributed by atoms with van der Waals surface area (Å²) in [6.45, 7) is -0.292. The summed E-state index contributed by atoms with van der Waals surface area (Å²) in [5.74, 6) is -0.379. The first kappa shape index (κ1) is 15.4. The van der Waals surface area contributed by atoms with E-state index in [1.807, 2.05) is 0 Å². The van der Waals surface area contributed by atoms with Gasteiger partial charge in [-0.1, -0.05) is 17.3 Å². The van der Waals surface area contributed by atoms with E-state index in [9.17, 15) is 4.79 Å². The SMILES string of the molecule is COC(=O)/C(=N/OCC#N)c1ccccc1Oc1ncns1. The Hall–Kier alpha value is -2.99. The van der Waals surface area contributed by atoms with Crippen molar-refractivity contribution in [1.82, 2.24) is 9.36 Å². The van der Waals surface area contributed by atoms with Crippen LogP contribution >= 0.6 is 11.5 Å². The quantitative estimate of drug-likeness (QED) is 0.345. The molecule has 1 heterocycles. The minimum atomic E-state index is -0.716. The van der Waals surface area contributed by atoms with Crippen molar-refractivity contribution in [2.45, 2.75) is 0 Å². The van der Waals surface area contributed by atoms with Gasteiger partial charge in [-0.3, -0.25) is 0 Å². The molecule has 0 fully saturated rings. The van der Waals surface area contributed by atoms with Crippen LogP contribution in [0.15, 0.2) is 35.7 Å². The van der Waals surface area contributed by atoms with Crippen LogP contribution in [0.3, 0.4) is 0 Å². The van der Waals surface area contributed by atoms with Crippen molar-refractivity contribution in [3.63, 3.8) is 0 Å². The highest BCUT2D eigenvalue weighted by Gasteiger charge is 2.21. The fourth-order valence-corrected chi connectivity index (χ4v) is 1.88. The van der Waals surface area contributed by atoms with Gasteiger partial charge < -0.3 is 14.3 Å². The molecule has 0 aliphatic carbocycles. The van der Waals surface area contributed by atoms with E-state index in [2.05, 4.69) is 19.3 Å². The Morgan fingerprint density at radius 1 is 1.45 bits per heavy atom. The van der Waals surface area contributed by atoms with Crippen molar-refractivity contribution in [2.75, 3.05) is 13.7 Å². The Bertz CT molecular complexity index is 709. The average molecular weight is 318 g/mol. The number of nitriles is 1. The number of oxime groups is 1. The molecule has 9 heteroatoms. The highest BCUT2D eigenvalue weighted by molar-refractivity contribution is 7.07. The largest absolute Gasteiger partial charge is 0.464 e. The van der Waals surface area contributed by atoms with E-state index >= 15 is 0 Å². The van der Waals surface area contributed by atoms with Gasteiger partial charge in [-0.05, 0) is 12.1 Å². The van der Waals surface area contributed by atoms with Crippen molar-refractivity contribution in [3.8, 4) is 17.0 Å². The average Bonchev–Trinajstić information content (AvgIpc) is 3.05. The van der Waals surface area contributed by atoms with Crippen LogP contribution in [0, 0.1) is 11.3 Å². The maximum atomic E-state index is 11.9.